The van der Waals surface area contributed by atoms with Gasteiger partial charge in [-0.05, 0) is 101 Å². The molecule has 1 amide bonds. The smallest absolute Gasteiger partial charge is 0.438 e. The fraction of sp³-hybridized carbons (Fsp3) is 0.413. The zero-order valence-electron chi connectivity index (χ0n) is 36.6. The molecule has 2 aromatic carbocycles. The molecule has 1 N–H and O–H groups in total. The van der Waals surface area contributed by atoms with Crippen molar-refractivity contribution >= 4 is 28.0 Å². The van der Waals surface area contributed by atoms with Gasteiger partial charge in [-0.3, -0.25) is 28.1 Å². The van der Waals surface area contributed by atoms with Gasteiger partial charge in [0.1, 0.15) is 22.9 Å². The third-order valence-electron chi connectivity index (χ3n) is 14.4. The fourth-order valence-electron chi connectivity index (χ4n) is 11.2. The first-order valence-corrected chi connectivity index (χ1v) is 22.0. The number of hydrogen-bond donors (Lipinski definition) is 1. The van der Waals surface area contributed by atoms with Crippen molar-refractivity contribution in [3.8, 4) is 17.2 Å². The molecule has 19 heteroatoms. The van der Waals surface area contributed by atoms with Gasteiger partial charge in [-0.25, -0.2) is 23.1 Å². The number of ether oxygens (including phenoxy) is 1. The first-order chi connectivity index (χ1) is 31.1. The predicted octanol–water partition coefficient (Wildman–Crippen LogP) is 6.57. The van der Waals surface area contributed by atoms with Gasteiger partial charge in [0, 0.05) is 56.1 Å². The number of fused-ring (bicyclic) bond motifs is 6. The van der Waals surface area contributed by atoms with E-state index in [0.29, 0.717) is 107 Å². The van der Waals surface area contributed by atoms with E-state index in [0.717, 1.165) is 6.42 Å². The number of aryl methyl sites for hydroxylation is 3. The van der Waals surface area contributed by atoms with Crippen molar-refractivity contribution in [2.75, 3.05) is 6.61 Å². The van der Waals surface area contributed by atoms with Crippen LogP contribution in [0.5, 0.6) is 0 Å². The molecule has 6 aromatic heterocycles. The molecule has 0 spiro atoms. The lowest BCUT2D eigenvalue weighted by Gasteiger charge is -2.35. The summed E-state index contributed by atoms with van der Waals surface area (Å²) in [5.41, 5.74) is 2.60. The van der Waals surface area contributed by atoms with Gasteiger partial charge in [0.2, 0.25) is 0 Å². The van der Waals surface area contributed by atoms with Crippen molar-refractivity contribution in [3.05, 3.63) is 121 Å². The highest BCUT2D eigenvalue weighted by Gasteiger charge is 2.60. The van der Waals surface area contributed by atoms with Crippen molar-refractivity contribution in [1.82, 2.24) is 53.3 Å². The molecule has 3 aliphatic heterocycles. The van der Waals surface area contributed by atoms with Crippen molar-refractivity contribution < 1.29 is 27.3 Å². The van der Waals surface area contributed by atoms with E-state index in [1.807, 2.05) is 30.2 Å². The lowest BCUT2D eigenvalue weighted by atomic mass is 9.88. The van der Waals surface area contributed by atoms with E-state index in [1.165, 1.54) is 21.5 Å². The summed E-state index contributed by atoms with van der Waals surface area (Å²) in [4.78, 5) is 52.5. The van der Waals surface area contributed by atoms with E-state index in [9.17, 15) is 9.59 Å². The van der Waals surface area contributed by atoms with Gasteiger partial charge in [-0.15, -0.1) is 0 Å². The fourth-order valence-corrected chi connectivity index (χ4v) is 11.2. The van der Waals surface area contributed by atoms with Crippen LogP contribution in [0.25, 0.3) is 39.3 Å². The number of H-pyrrole nitrogens is 1. The molecule has 65 heavy (non-hydrogen) atoms. The third kappa shape index (κ3) is 5.66. The minimum absolute atomic E-state index is 0.00815. The molecule has 1 aliphatic carbocycles. The minimum Gasteiger partial charge on any atom is -0.439 e. The summed E-state index contributed by atoms with van der Waals surface area (Å²) >= 11 is 0. The normalized spacial score (nSPS) is 23.5. The van der Waals surface area contributed by atoms with E-state index in [4.69, 9.17) is 23.8 Å². The quantitative estimate of drug-likeness (QED) is 0.184. The Morgan fingerprint density at radius 2 is 1.75 bits per heavy atom. The molecule has 334 valence electrons. The molecule has 8 aromatic rings. The zero-order valence-corrected chi connectivity index (χ0v) is 36.6. The summed E-state index contributed by atoms with van der Waals surface area (Å²) in [5.74, 6) is -0.815. The SMILES string of the molecule is Cc1cc(-n2nc3c(c2-n2ccn(-c4ccc5c(cnn5C)c4F)c2=O)[C@@H]2CC[C@H](C3)N2C(=O)c2cc3oc(C4CCOC(C)(C)C4)nc3n2[C@@]2(c3noc(=O)[nH]3)C[C@@H]2C)cc(C)c1F. The Labute approximate surface area is 368 Å². The Morgan fingerprint density at radius 3 is 2.48 bits per heavy atom. The highest BCUT2D eigenvalue weighted by molar-refractivity contribution is 5.98. The van der Waals surface area contributed by atoms with E-state index in [-0.39, 0.29) is 46.3 Å². The Balaban J connectivity index is 1.01. The van der Waals surface area contributed by atoms with Crippen LogP contribution in [-0.4, -0.2) is 77.4 Å². The lowest BCUT2D eigenvalue weighted by molar-refractivity contribution is -0.0621. The number of imidazole rings is 1. The number of nitrogens with zero attached hydrogens (tertiary/aromatic N) is 10. The number of aromatic nitrogens is 10. The number of benzene rings is 2. The van der Waals surface area contributed by atoms with Crippen molar-refractivity contribution in [1.29, 1.82) is 0 Å². The monoisotopic (exact) mass is 885 g/mol. The Hall–Kier alpha value is -6.89. The average molecular weight is 886 g/mol. The molecular weight excluding hydrogens is 841 g/mol. The van der Waals surface area contributed by atoms with Gasteiger partial charge < -0.3 is 18.6 Å². The minimum atomic E-state index is -0.958. The number of carbonyl (C=O) groups is 1. The largest absolute Gasteiger partial charge is 0.439 e. The Kier molecular flexibility index (Phi) is 8.28. The van der Waals surface area contributed by atoms with Crippen LogP contribution in [-0.2, 0) is 23.7 Å². The molecule has 1 unspecified atom stereocenters. The van der Waals surface area contributed by atoms with Crippen LogP contribution in [0.2, 0.25) is 0 Å². The second-order valence-electron chi connectivity index (χ2n) is 18.9. The van der Waals surface area contributed by atoms with Crippen molar-refractivity contribution in [3.63, 3.8) is 0 Å². The number of amides is 1. The van der Waals surface area contributed by atoms with Crippen LogP contribution in [0.4, 0.5) is 8.78 Å². The predicted molar refractivity (Wildman–Crippen MR) is 230 cm³/mol. The first kappa shape index (κ1) is 39.7. The first-order valence-electron chi connectivity index (χ1n) is 22.0. The number of hydrogen-bond acceptors (Lipinski definition) is 10. The van der Waals surface area contributed by atoms with Crippen LogP contribution in [0.1, 0.15) is 109 Å². The van der Waals surface area contributed by atoms with Crippen LogP contribution < -0.4 is 11.4 Å². The van der Waals surface area contributed by atoms with E-state index >= 15 is 13.6 Å². The molecular formula is C46H45F2N11O6. The highest BCUT2D eigenvalue weighted by atomic mass is 19.1. The topological polar surface area (TPSA) is 182 Å². The zero-order chi connectivity index (χ0) is 45.0. The van der Waals surface area contributed by atoms with E-state index < -0.39 is 28.8 Å². The number of carbonyl (C=O) groups excluding carboxylic acids is 1. The number of oxazole rings is 1. The maximum Gasteiger partial charge on any atom is 0.438 e. The van der Waals surface area contributed by atoms with Gasteiger partial charge in [-0.1, -0.05) is 12.1 Å². The van der Waals surface area contributed by atoms with Gasteiger partial charge in [0.25, 0.3) is 5.91 Å². The number of halogens is 2. The van der Waals surface area contributed by atoms with Crippen LogP contribution >= 0.6 is 0 Å². The lowest BCUT2D eigenvalue weighted by Crippen LogP contribution is -2.43. The van der Waals surface area contributed by atoms with Crippen LogP contribution in [0.3, 0.4) is 0 Å². The molecule has 2 saturated heterocycles. The summed E-state index contributed by atoms with van der Waals surface area (Å²) in [6.07, 6.45) is 8.06. The average Bonchev–Trinajstić information content (AvgIpc) is 4.04. The molecule has 9 heterocycles. The highest BCUT2D eigenvalue weighted by Crippen LogP contribution is 2.57. The van der Waals surface area contributed by atoms with Crippen LogP contribution in [0, 0.1) is 31.4 Å². The van der Waals surface area contributed by atoms with E-state index in [1.54, 1.807) is 66.8 Å². The number of aromatic amines is 1. The van der Waals surface area contributed by atoms with Gasteiger partial charge in [0.05, 0.1) is 45.8 Å². The molecule has 5 atom stereocenters. The van der Waals surface area contributed by atoms with E-state index in [2.05, 4.69) is 15.2 Å². The van der Waals surface area contributed by atoms with Crippen molar-refractivity contribution in [2.45, 2.75) is 102 Å². The van der Waals surface area contributed by atoms with Gasteiger partial charge in [-0.2, -0.15) is 15.2 Å². The Morgan fingerprint density at radius 1 is 0.985 bits per heavy atom. The molecule has 3 fully saturated rings. The second kappa shape index (κ2) is 13.6. The summed E-state index contributed by atoms with van der Waals surface area (Å²) in [5, 5.41) is 13.7. The third-order valence-corrected chi connectivity index (χ3v) is 14.4. The van der Waals surface area contributed by atoms with Gasteiger partial charge >= 0.3 is 11.4 Å². The molecule has 0 radical (unpaired) electrons. The molecule has 4 aliphatic rings. The summed E-state index contributed by atoms with van der Waals surface area (Å²) < 4.78 is 56.6. The maximum absolute atomic E-state index is 16.2. The summed E-state index contributed by atoms with van der Waals surface area (Å²) in [7, 11) is 1.72. The molecule has 2 bridgehead atoms. The van der Waals surface area contributed by atoms with Crippen LogP contribution in [0.15, 0.2) is 67.5 Å². The van der Waals surface area contributed by atoms with Gasteiger partial charge in [0.15, 0.2) is 28.8 Å². The standard InChI is InChI=1S/C46H45F2N11O6/c1-22-15-27(16-23(2)36(22)47)59-40(56-13-12-55(44(56)62)32-10-9-30-28(37(32)48)21-49-54(30)6)35-29(52-59)17-26-7-8-31(35)57(26)41(60)33-18-34-38(50-39(64-34)25-11-14-63-45(4,5)20-25)58(33)46(19-24(46)3)42-51-43(61)65-53-42/h9-10,12-13,15-16,18,21,24-26,31H,7-8,11,14,17,19-20H2,1-6H3,(H,51,53,61)/t24-,25?,26+,31-,46-/m0/s1. The number of rotatable bonds is 7. The maximum atomic E-state index is 16.2. The molecule has 12 rings (SSSR count). The van der Waals surface area contributed by atoms with Crippen molar-refractivity contribution in [2.24, 2.45) is 13.0 Å². The second-order valence-corrected chi connectivity index (χ2v) is 18.9. The summed E-state index contributed by atoms with van der Waals surface area (Å²) in [6.45, 7) is 10.0. The summed E-state index contributed by atoms with van der Waals surface area (Å²) in [6, 6.07) is 7.54. The molecule has 17 nitrogen and oxygen atoms in total. The number of nitrogens with one attached hydrogen (secondary N) is 1. The molecule has 1 saturated carbocycles. The Bertz CT molecular complexity index is 3410.